The molecule has 0 spiro atoms. The lowest BCUT2D eigenvalue weighted by Crippen LogP contribution is -2.55. The van der Waals surface area contributed by atoms with Crippen LogP contribution in [-0.2, 0) is 32.6 Å². The number of carbonyl (C=O) groups excluding carboxylic acids is 2. The number of hydrogen-bond donors (Lipinski definition) is 1. The van der Waals surface area contributed by atoms with Gasteiger partial charge < -0.3 is 10.2 Å². The van der Waals surface area contributed by atoms with Crippen LogP contribution in [0.3, 0.4) is 0 Å². The number of rotatable bonds is 12. The first-order valence-corrected chi connectivity index (χ1v) is 18.6. The normalized spacial score (nSPS) is 14.2. The van der Waals surface area contributed by atoms with Crippen molar-refractivity contribution >= 4 is 73.9 Å². The van der Waals surface area contributed by atoms with E-state index in [1.807, 2.05) is 30.3 Å². The number of nitrogens with one attached hydrogen (secondary N) is 1. The summed E-state index contributed by atoms with van der Waals surface area (Å²) in [5, 5.41) is 3.86. The molecule has 1 fully saturated rings. The Morgan fingerprint density at radius 1 is 0.750 bits per heavy atom. The van der Waals surface area contributed by atoms with Gasteiger partial charge in [0.2, 0.25) is 11.8 Å². The topological polar surface area (TPSA) is 86.8 Å². The molecule has 1 aliphatic carbocycles. The van der Waals surface area contributed by atoms with Crippen LogP contribution in [-0.4, -0.2) is 43.8 Å². The zero-order chi connectivity index (χ0) is 34.3. The molecule has 0 bridgehead atoms. The van der Waals surface area contributed by atoms with Gasteiger partial charge in [-0.3, -0.25) is 13.9 Å². The number of amides is 2. The van der Waals surface area contributed by atoms with Gasteiger partial charge in [-0.2, -0.15) is 0 Å². The second-order valence-electron chi connectivity index (χ2n) is 11.7. The zero-order valence-electron chi connectivity index (χ0n) is 26.0. The molecule has 1 atom stereocenters. The van der Waals surface area contributed by atoms with E-state index < -0.39 is 28.5 Å². The van der Waals surface area contributed by atoms with Gasteiger partial charge in [-0.25, -0.2) is 8.42 Å². The van der Waals surface area contributed by atoms with Crippen LogP contribution in [0.1, 0.15) is 43.2 Å². The highest BCUT2D eigenvalue weighted by Crippen LogP contribution is 2.36. The summed E-state index contributed by atoms with van der Waals surface area (Å²) in [7, 11) is -4.35. The third-order valence-electron chi connectivity index (χ3n) is 8.42. The molecule has 0 saturated heterocycles. The SMILES string of the molecule is O=C(NC1CCCCC1)C(Cc1ccccc1)N(Cc1c(Cl)cccc1Cl)C(=O)CN(c1cccc(Cl)c1Cl)S(=O)(=O)c1ccccc1. The second kappa shape index (κ2) is 16.4. The average Bonchev–Trinajstić information content (AvgIpc) is 3.09. The Kier molecular flexibility index (Phi) is 12.3. The van der Waals surface area contributed by atoms with E-state index in [9.17, 15) is 18.0 Å². The zero-order valence-corrected chi connectivity index (χ0v) is 29.8. The van der Waals surface area contributed by atoms with Crippen LogP contribution in [0.5, 0.6) is 0 Å². The van der Waals surface area contributed by atoms with Gasteiger partial charge in [0.15, 0.2) is 0 Å². The Bertz CT molecular complexity index is 1820. The molecule has 1 aliphatic rings. The summed E-state index contributed by atoms with van der Waals surface area (Å²) in [6.07, 6.45) is 4.94. The second-order valence-corrected chi connectivity index (χ2v) is 15.1. The Morgan fingerprint density at radius 3 is 1.98 bits per heavy atom. The van der Waals surface area contributed by atoms with Crippen LogP contribution in [0, 0.1) is 0 Å². The van der Waals surface area contributed by atoms with Crippen LogP contribution >= 0.6 is 46.4 Å². The van der Waals surface area contributed by atoms with Crippen LogP contribution in [0.15, 0.2) is 102 Å². The molecule has 7 nitrogen and oxygen atoms in total. The van der Waals surface area contributed by atoms with Crippen molar-refractivity contribution in [1.29, 1.82) is 0 Å². The van der Waals surface area contributed by atoms with E-state index in [1.54, 1.807) is 42.5 Å². The number of halogens is 4. The third kappa shape index (κ3) is 8.65. The molecule has 1 N–H and O–H groups in total. The lowest BCUT2D eigenvalue weighted by Gasteiger charge is -2.35. The first-order valence-electron chi connectivity index (χ1n) is 15.6. The fourth-order valence-corrected chi connectivity index (χ4v) is 8.28. The van der Waals surface area contributed by atoms with E-state index in [0.717, 1.165) is 42.0 Å². The van der Waals surface area contributed by atoms with Gasteiger partial charge in [-0.1, -0.05) is 126 Å². The van der Waals surface area contributed by atoms with Crippen molar-refractivity contribution < 1.29 is 18.0 Å². The minimum absolute atomic E-state index is 0.0170. The van der Waals surface area contributed by atoms with Crippen molar-refractivity contribution in [2.45, 2.75) is 62.0 Å². The van der Waals surface area contributed by atoms with Gasteiger partial charge >= 0.3 is 0 Å². The molecular weight excluding hydrogens is 712 g/mol. The highest BCUT2D eigenvalue weighted by Gasteiger charge is 2.36. The van der Waals surface area contributed by atoms with Gasteiger partial charge in [0.1, 0.15) is 12.6 Å². The minimum atomic E-state index is -4.35. The molecule has 2 amide bonds. The van der Waals surface area contributed by atoms with Crippen molar-refractivity contribution in [1.82, 2.24) is 10.2 Å². The molecule has 0 radical (unpaired) electrons. The van der Waals surface area contributed by atoms with Gasteiger partial charge in [0.25, 0.3) is 10.0 Å². The Morgan fingerprint density at radius 2 is 1.33 bits per heavy atom. The largest absolute Gasteiger partial charge is 0.352 e. The number of benzene rings is 4. The van der Waals surface area contributed by atoms with Crippen LogP contribution in [0.4, 0.5) is 5.69 Å². The Balaban J connectivity index is 1.61. The maximum atomic E-state index is 14.7. The monoisotopic (exact) mass is 745 g/mol. The molecule has 1 unspecified atom stereocenters. The maximum absolute atomic E-state index is 14.7. The fraction of sp³-hybridized carbons (Fsp3) is 0.278. The number of hydrogen-bond acceptors (Lipinski definition) is 4. The quantitative estimate of drug-likeness (QED) is 0.157. The standard InChI is InChI=1S/C36H35Cl4N3O4S/c37-29-18-10-19-30(38)28(29)23-42(33(22-25-12-4-1-5-13-25)36(45)41-26-14-6-2-7-15-26)34(44)24-43(32-21-11-20-31(39)35(32)40)48(46,47)27-16-8-3-9-17-27/h1,3-5,8-13,16-21,26,33H,2,6-7,14-15,22-24H2,(H,41,45). The highest BCUT2D eigenvalue weighted by molar-refractivity contribution is 7.92. The molecule has 5 rings (SSSR count). The molecule has 0 aliphatic heterocycles. The molecule has 252 valence electrons. The summed E-state index contributed by atoms with van der Waals surface area (Å²) in [4.78, 5) is 30.3. The van der Waals surface area contributed by atoms with Crippen molar-refractivity contribution in [2.75, 3.05) is 10.8 Å². The summed E-state index contributed by atoms with van der Waals surface area (Å²) in [5.41, 5.74) is 1.26. The molecular formula is C36H35Cl4N3O4S. The van der Waals surface area contributed by atoms with E-state index >= 15 is 0 Å². The summed E-state index contributed by atoms with van der Waals surface area (Å²) >= 11 is 26.1. The number of nitrogens with zero attached hydrogens (tertiary/aromatic N) is 2. The molecule has 48 heavy (non-hydrogen) atoms. The van der Waals surface area contributed by atoms with E-state index in [-0.39, 0.29) is 45.5 Å². The predicted octanol–water partition coefficient (Wildman–Crippen LogP) is 8.58. The van der Waals surface area contributed by atoms with Crippen LogP contribution in [0.25, 0.3) is 0 Å². The average molecular weight is 748 g/mol. The van der Waals surface area contributed by atoms with Gasteiger partial charge in [0, 0.05) is 34.6 Å². The Labute approximate surface area is 301 Å². The Hall–Kier alpha value is -3.27. The van der Waals surface area contributed by atoms with Crippen molar-refractivity contribution in [3.05, 3.63) is 128 Å². The molecule has 4 aromatic carbocycles. The van der Waals surface area contributed by atoms with Crippen LogP contribution in [0.2, 0.25) is 20.1 Å². The summed E-state index contributed by atoms with van der Waals surface area (Å²) < 4.78 is 29.3. The summed E-state index contributed by atoms with van der Waals surface area (Å²) in [6.45, 7) is -0.850. The first-order chi connectivity index (χ1) is 23.1. The molecule has 0 heterocycles. The third-order valence-corrected chi connectivity index (χ3v) is 11.7. The fourth-order valence-electron chi connectivity index (χ4n) is 5.87. The van der Waals surface area contributed by atoms with E-state index in [1.165, 1.54) is 29.2 Å². The molecule has 12 heteroatoms. The molecule has 1 saturated carbocycles. The van der Waals surface area contributed by atoms with Gasteiger partial charge in [-0.15, -0.1) is 0 Å². The lowest BCUT2D eigenvalue weighted by atomic mass is 9.94. The maximum Gasteiger partial charge on any atom is 0.264 e. The number of sulfonamides is 1. The summed E-state index contributed by atoms with van der Waals surface area (Å²) in [5.74, 6) is -1.01. The summed E-state index contributed by atoms with van der Waals surface area (Å²) in [6, 6.07) is 25.6. The smallest absolute Gasteiger partial charge is 0.264 e. The van der Waals surface area contributed by atoms with Crippen LogP contribution < -0.4 is 9.62 Å². The van der Waals surface area contributed by atoms with E-state index in [0.29, 0.717) is 15.6 Å². The number of anilines is 1. The van der Waals surface area contributed by atoms with Crippen molar-refractivity contribution in [2.24, 2.45) is 0 Å². The van der Waals surface area contributed by atoms with Gasteiger partial charge in [-0.05, 0) is 54.8 Å². The van der Waals surface area contributed by atoms with Crippen molar-refractivity contribution in [3.63, 3.8) is 0 Å². The van der Waals surface area contributed by atoms with E-state index in [4.69, 9.17) is 46.4 Å². The first kappa shape index (κ1) is 36.0. The van der Waals surface area contributed by atoms with Crippen molar-refractivity contribution in [3.8, 4) is 0 Å². The highest BCUT2D eigenvalue weighted by atomic mass is 35.5. The number of carbonyl (C=O) groups is 2. The lowest BCUT2D eigenvalue weighted by molar-refractivity contribution is -0.140. The van der Waals surface area contributed by atoms with Gasteiger partial charge in [0.05, 0.1) is 20.6 Å². The van der Waals surface area contributed by atoms with E-state index in [2.05, 4.69) is 5.32 Å². The minimum Gasteiger partial charge on any atom is -0.352 e. The molecule has 4 aromatic rings. The molecule has 0 aromatic heterocycles. The predicted molar refractivity (Wildman–Crippen MR) is 193 cm³/mol.